The summed E-state index contributed by atoms with van der Waals surface area (Å²) in [7, 11) is 0. The normalized spacial score (nSPS) is 12.2. The van der Waals surface area contributed by atoms with Crippen molar-refractivity contribution in [2.45, 2.75) is 91.4 Å². The Balaban J connectivity index is 2.95. The maximum absolute atomic E-state index is 11.4. The molecule has 1 rings (SSSR count). The van der Waals surface area contributed by atoms with Gasteiger partial charge in [-0.2, -0.15) is 0 Å². The zero-order valence-electron chi connectivity index (χ0n) is 16.3. The summed E-state index contributed by atoms with van der Waals surface area (Å²) in [5, 5.41) is 0. The van der Waals surface area contributed by atoms with E-state index in [0.717, 1.165) is 25.1 Å². The molecule has 1 aromatic carbocycles. The Morgan fingerprint density at radius 2 is 1.75 bits per heavy atom. The number of amides is 1. The minimum atomic E-state index is 0.655. The van der Waals surface area contributed by atoms with Crippen molar-refractivity contribution in [2.24, 2.45) is 0 Å². The van der Waals surface area contributed by atoms with Gasteiger partial charge in [0.15, 0.2) is 0 Å². The van der Waals surface area contributed by atoms with Crippen LogP contribution in [0.25, 0.3) is 0 Å². The van der Waals surface area contributed by atoms with E-state index < -0.39 is 0 Å². The number of rotatable bonds is 13. The smallest absolute Gasteiger partial charge is 0.214 e. The van der Waals surface area contributed by atoms with Crippen LogP contribution in [0.5, 0.6) is 0 Å². The summed E-state index contributed by atoms with van der Waals surface area (Å²) in [5.41, 5.74) is 3.91. The molecule has 0 radical (unpaired) electrons. The third-order valence-corrected chi connectivity index (χ3v) is 5.05. The summed E-state index contributed by atoms with van der Waals surface area (Å²) >= 11 is 0. The first-order valence-electron chi connectivity index (χ1n) is 10.1. The number of unbranched alkanes of at least 4 members (excludes halogenated alkanes) is 4. The summed E-state index contributed by atoms with van der Waals surface area (Å²) in [6, 6.07) is 6.81. The van der Waals surface area contributed by atoms with Crippen LogP contribution in [0.3, 0.4) is 0 Å². The molecule has 0 heterocycles. The molecule has 0 bridgehead atoms. The Hall–Kier alpha value is -1.31. The van der Waals surface area contributed by atoms with E-state index in [2.05, 4.69) is 39.0 Å². The molecule has 0 fully saturated rings. The molecule has 0 spiro atoms. The van der Waals surface area contributed by atoms with Crippen LogP contribution >= 0.6 is 0 Å². The van der Waals surface area contributed by atoms with Gasteiger partial charge < -0.3 is 4.90 Å². The van der Waals surface area contributed by atoms with Crippen molar-refractivity contribution < 1.29 is 4.79 Å². The fourth-order valence-corrected chi connectivity index (χ4v) is 3.43. The van der Waals surface area contributed by atoms with Crippen molar-refractivity contribution in [3.05, 3.63) is 29.3 Å². The lowest BCUT2D eigenvalue weighted by Crippen LogP contribution is -2.21. The van der Waals surface area contributed by atoms with Gasteiger partial charge in [-0.3, -0.25) is 4.79 Å². The first-order valence-corrected chi connectivity index (χ1v) is 10.1. The number of hydrogen-bond donors (Lipinski definition) is 0. The average molecular weight is 332 g/mol. The van der Waals surface area contributed by atoms with Crippen LogP contribution in [0.2, 0.25) is 0 Å². The fourth-order valence-electron chi connectivity index (χ4n) is 3.43. The van der Waals surface area contributed by atoms with Crippen LogP contribution in [0, 0.1) is 0 Å². The highest BCUT2D eigenvalue weighted by molar-refractivity contribution is 5.77. The van der Waals surface area contributed by atoms with Crippen molar-refractivity contribution in [3.8, 4) is 0 Å². The first kappa shape index (κ1) is 20.7. The molecule has 0 aliphatic heterocycles. The van der Waals surface area contributed by atoms with Gasteiger partial charge in [0.1, 0.15) is 0 Å². The fraction of sp³-hybridized carbons (Fsp3) is 0.682. The standard InChI is InChI=1S/C22H37NO/c1-5-9-11-12-14-19(7-3)20-15-16-22(23(8-4)18-24)21(17-20)13-10-6-2/h15-19H,5-14H2,1-4H3. The molecule has 2 nitrogen and oxygen atoms in total. The molecule has 0 saturated carbocycles. The quantitative estimate of drug-likeness (QED) is 0.299. The highest BCUT2D eigenvalue weighted by atomic mass is 16.1. The van der Waals surface area contributed by atoms with Gasteiger partial charge in [-0.1, -0.05) is 65.0 Å². The van der Waals surface area contributed by atoms with E-state index in [-0.39, 0.29) is 0 Å². The predicted octanol–water partition coefficient (Wildman–Crippen LogP) is 6.48. The number of anilines is 1. The summed E-state index contributed by atoms with van der Waals surface area (Å²) in [5.74, 6) is 0.655. The zero-order chi connectivity index (χ0) is 17.8. The van der Waals surface area contributed by atoms with E-state index in [1.54, 1.807) is 0 Å². The van der Waals surface area contributed by atoms with Gasteiger partial charge in [-0.05, 0) is 55.7 Å². The molecule has 0 aromatic heterocycles. The van der Waals surface area contributed by atoms with E-state index >= 15 is 0 Å². The highest BCUT2D eigenvalue weighted by Crippen LogP contribution is 2.31. The van der Waals surface area contributed by atoms with Gasteiger partial charge in [0, 0.05) is 12.2 Å². The molecule has 0 N–H and O–H groups in total. The topological polar surface area (TPSA) is 20.3 Å². The van der Waals surface area contributed by atoms with Crippen LogP contribution in [-0.4, -0.2) is 13.0 Å². The third kappa shape index (κ3) is 6.30. The lowest BCUT2D eigenvalue weighted by molar-refractivity contribution is -0.107. The number of carbonyl (C=O) groups is 1. The van der Waals surface area contributed by atoms with Gasteiger partial charge in [-0.15, -0.1) is 0 Å². The lowest BCUT2D eigenvalue weighted by atomic mass is 9.88. The number of aryl methyl sites for hydroxylation is 1. The lowest BCUT2D eigenvalue weighted by Gasteiger charge is -2.22. The second-order valence-electron chi connectivity index (χ2n) is 6.84. The highest BCUT2D eigenvalue weighted by Gasteiger charge is 2.14. The Kier molecular flexibility index (Phi) is 10.5. The van der Waals surface area contributed by atoms with Crippen LogP contribution in [0.1, 0.15) is 96.1 Å². The molecule has 0 saturated heterocycles. The molecular formula is C22H37NO. The van der Waals surface area contributed by atoms with Crippen LogP contribution in [0.4, 0.5) is 5.69 Å². The molecule has 136 valence electrons. The zero-order valence-corrected chi connectivity index (χ0v) is 16.3. The molecule has 1 unspecified atom stereocenters. The number of nitrogens with zero attached hydrogens (tertiary/aromatic N) is 1. The van der Waals surface area contributed by atoms with Crippen molar-refractivity contribution in [2.75, 3.05) is 11.4 Å². The van der Waals surface area contributed by atoms with E-state index in [1.165, 1.54) is 62.5 Å². The van der Waals surface area contributed by atoms with Crippen molar-refractivity contribution in [1.82, 2.24) is 0 Å². The Morgan fingerprint density at radius 3 is 2.33 bits per heavy atom. The molecular weight excluding hydrogens is 294 g/mol. The molecule has 0 aliphatic rings. The van der Waals surface area contributed by atoms with Crippen LogP contribution in [-0.2, 0) is 11.2 Å². The maximum Gasteiger partial charge on any atom is 0.214 e. The summed E-state index contributed by atoms with van der Waals surface area (Å²) in [6.45, 7) is 9.56. The van der Waals surface area contributed by atoms with Gasteiger partial charge in [0.25, 0.3) is 0 Å². The Morgan fingerprint density at radius 1 is 1.00 bits per heavy atom. The summed E-state index contributed by atoms with van der Waals surface area (Å²) < 4.78 is 0. The SMILES string of the molecule is CCCCCCC(CC)c1ccc(N(C=O)CC)c(CCCC)c1. The third-order valence-electron chi connectivity index (χ3n) is 5.05. The number of hydrogen-bond acceptors (Lipinski definition) is 1. The summed E-state index contributed by atoms with van der Waals surface area (Å²) in [6.07, 6.45) is 12.2. The first-order chi connectivity index (χ1) is 11.7. The molecule has 1 amide bonds. The molecule has 1 atom stereocenters. The Labute approximate surface area is 149 Å². The van der Waals surface area contributed by atoms with Crippen molar-refractivity contribution in [3.63, 3.8) is 0 Å². The molecule has 24 heavy (non-hydrogen) atoms. The van der Waals surface area contributed by atoms with Gasteiger partial charge in [0.2, 0.25) is 6.41 Å². The van der Waals surface area contributed by atoms with Crippen LogP contribution < -0.4 is 4.90 Å². The van der Waals surface area contributed by atoms with E-state index in [1.807, 2.05) is 11.8 Å². The Bertz CT molecular complexity index is 469. The van der Waals surface area contributed by atoms with E-state index in [0.29, 0.717) is 5.92 Å². The maximum atomic E-state index is 11.4. The minimum Gasteiger partial charge on any atom is -0.315 e. The van der Waals surface area contributed by atoms with Gasteiger partial charge >= 0.3 is 0 Å². The largest absolute Gasteiger partial charge is 0.315 e. The molecule has 0 aliphatic carbocycles. The second-order valence-corrected chi connectivity index (χ2v) is 6.84. The van der Waals surface area contributed by atoms with Gasteiger partial charge in [0.05, 0.1) is 0 Å². The van der Waals surface area contributed by atoms with Gasteiger partial charge in [-0.25, -0.2) is 0 Å². The molecule has 1 aromatic rings. The van der Waals surface area contributed by atoms with Crippen molar-refractivity contribution >= 4 is 12.1 Å². The van der Waals surface area contributed by atoms with Crippen LogP contribution in [0.15, 0.2) is 18.2 Å². The molecule has 2 heteroatoms. The monoisotopic (exact) mass is 331 g/mol. The minimum absolute atomic E-state index is 0.655. The van der Waals surface area contributed by atoms with Crippen molar-refractivity contribution in [1.29, 1.82) is 0 Å². The predicted molar refractivity (Wildman–Crippen MR) is 106 cm³/mol. The van der Waals surface area contributed by atoms with E-state index in [9.17, 15) is 4.79 Å². The second kappa shape index (κ2) is 12.1. The average Bonchev–Trinajstić information content (AvgIpc) is 2.62. The number of carbonyl (C=O) groups excluding carboxylic acids is 1. The number of benzene rings is 1. The summed E-state index contributed by atoms with van der Waals surface area (Å²) in [4.78, 5) is 13.2. The van der Waals surface area contributed by atoms with E-state index in [4.69, 9.17) is 0 Å².